The van der Waals surface area contributed by atoms with Crippen LogP contribution in [0.1, 0.15) is 349 Å². The molecule has 2 heteroatoms. The maximum atomic E-state index is 5.12. The van der Waals surface area contributed by atoms with E-state index in [1.54, 1.807) is 17.6 Å². The van der Waals surface area contributed by atoms with Crippen molar-refractivity contribution in [1.82, 2.24) is 0 Å². The van der Waals surface area contributed by atoms with Crippen LogP contribution >= 0.6 is 11.3 Å². The zero-order chi connectivity index (χ0) is 68.2. The molecule has 0 aliphatic heterocycles. The zero-order valence-electron chi connectivity index (χ0n) is 64.8. The number of benzene rings is 3. The van der Waals surface area contributed by atoms with Gasteiger partial charge in [0.15, 0.2) is 0 Å². The van der Waals surface area contributed by atoms with E-state index in [1.165, 1.54) is 124 Å². The molecule has 0 spiro atoms. The van der Waals surface area contributed by atoms with Gasteiger partial charge in [0.1, 0.15) is 5.58 Å². The minimum atomic E-state index is 0.833. The number of fused-ring (bicyclic) bond motifs is 3. The fraction of sp³-hybridized carbons (Fsp3) is 0.711. The molecular weight excluding hydrogens is 1040 g/mol. The summed E-state index contributed by atoms with van der Waals surface area (Å²) < 4.78 is 6.49. The summed E-state index contributed by atoms with van der Waals surface area (Å²) in [4.78, 5) is 0. The van der Waals surface area contributed by atoms with Crippen LogP contribution in [-0.4, -0.2) is 0 Å². The maximum absolute atomic E-state index is 5.12. The highest BCUT2D eigenvalue weighted by molar-refractivity contribution is 7.17. The number of thiophene rings is 1. The van der Waals surface area contributed by atoms with Crippen LogP contribution in [0, 0.1) is 47.3 Å². The molecule has 85 heavy (non-hydrogen) atoms. The lowest BCUT2D eigenvalue weighted by molar-refractivity contribution is 0.504. The molecule has 5 aromatic rings. The fourth-order valence-corrected chi connectivity index (χ4v) is 6.58. The Kier molecular flexibility index (Phi) is 109. The number of rotatable bonds is 1. The van der Waals surface area contributed by atoms with Crippen molar-refractivity contribution in [2.24, 2.45) is 47.3 Å². The van der Waals surface area contributed by atoms with Crippen molar-refractivity contribution >= 4 is 38.5 Å². The van der Waals surface area contributed by atoms with Crippen LogP contribution in [0.25, 0.3) is 27.1 Å². The van der Waals surface area contributed by atoms with Gasteiger partial charge in [-0.1, -0.05) is 398 Å². The van der Waals surface area contributed by atoms with Gasteiger partial charge in [-0.2, -0.15) is 0 Å². The van der Waals surface area contributed by atoms with Gasteiger partial charge >= 0.3 is 0 Å². The van der Waals surface area contributed by atoms with Crippen molar-refractivity contribution in [2.45, 2.75) is 345 Å². The Morgan fingerprint density at radius 1 is 0.341 bits per heavy atom. The molecule has 5 aliphatic rings. The van der Waals surface area contributed by atoms with E-state index >= 15 is 0 Å². The van der Waals surface area contributed by atoms with Crippen LogP contribution in [0.4, 0.5) is 0 Å². The zero-order valence-corrected chi connectivity index (χ0v) is 65.7. The number of hydrogen-bond acceptors (Lipinski definition) is 2. The Balaban J connectivity index is -0.0000000892. The second-order valence-corrected chi connectivity index (χ2v) is 25.1. The van der Waals surface area contributed by atoms with Crippen molar-refractivity contribution in [3.63, 3.8) is 0 Å². The Hall–Kier alpha value is -3.10. The summed E-state index contributed by atoms with van der Waals surface area (Å²) in [6, 6.07) is 28.9. The van der Waals surface area contributed by atoms with E-state index in [2.05, 4.69) is 211 Å². The van der Waals surface area contributed by atoms with Crippen molar-refractivity contribution in [1.29, 1.82) is 0 Å². The van der Waals surface area contributed by atoms with Crippen LogP contribution in [0.15, 0.2) is 107 Å². The molecular formula is C83H162OS. The molecule has 0 unspecified atom stereocenters. The lowest BCUT2D eigenvalue weighted by Crippen LogP contribution is -1.85. The summed E-state index contributed by atoms with van der Waals surface area (Å²) in [5, 5.41) is 4.63. The van der Waals surface area contributed by atoms with Gasteiger partial charge in [0.05, 0.1) is 6.26 Å². The average Bonchev–Trinajstić information content (AvgIpc) is 4.20. The van der Waals surface area contributed by atoms with Crippen molar-refractivity contribution < 1.29 is 4.42 Å². The van der Waals surface area contributed by atoms with E-state index in [-0.39, 0.29) is 0 Å². The molecule has 0 N–H and O–H groups in total. The third-order valence-corrected chi connectivity index (χ3v) is 10.4. The van der Waals surface area contributed by atoms with E-state index in [1.807, 2.05) is 127 Å². The van der Waals surface area contributed by atoms with E-state index in [0.29, 0.717) is 0 Å². The summed E-state index contributed by atoms with van der Waals surface area (Å²) in [5.41, 5.74) is 3.80. The Morgan fingerprint density at radius 2 is 0.635 bits per heavy atom. The quantitative estimate of drug-likeness (QED) is 0.163. The number of furan rings is 1. The van der Waals surface area contributed by atoms with Crippen LogP contribution in [-0.2, 0) is 6.42 Å². The fourth-order valence-electron chi connectivity index (χ4n) is 5.79. The van der Waals surface area contributed by atoms with Crippen molar-refractivity contribution in [3.05, 3.63) is 114 Å². The molecule has 0 atom stereocenters. The van der Waals surface area contributed by atoms with Gasteiger partial charge in [-0.05, 0) is 113 Å². The first-order valence-electron chi connectivity index (χ1n) is 36.2. The monoisotopic (exact) mass is 1210 g/mol. The van der Waals surface area contributed by atoms with Gasteiger partial charge in [-0.15, -0.1) is 11.3 Å². The van der Waals surface area contributed by atoms with E-state index < -0.39 is 0 Å². The highest BCUT2D eigenvalue weighted by Gasteiger charge is 2.24. The lowest BCUT2D eigenvalue weighted by Gasteiger charge is -2.05. The second-order valence-electron chi connectivity index (χ2n) is 24.1. The summed E-state index contributed by atoms with van der Waals surface area (Å²) in [5.74, 6) is 7.06. The summed E-state index contributed by atoms with van der Waals surface area (Å²) in [6.45, 7) is 71.6. The van der Waals surface area contributed by atoms with Crippen LogP contribution in [0.3, 0.4) is 0 Å². The first-order valence-corrected chi connectivity index (χ1v) is 37.1. The van der Waals surface area contributed by atoms with Gasteiger partial charge in [-0.25, -0.2) is 0 Å². The van der Waals surface area contributed by atoms with Gasteiger partial charge < -0.3 is 4.42 Å². The molecule has 5 aliphatic carbocycles. The van der Waals surface area contributed by atoms with E-state index in [4.69, 9.17) is 4.42 Å². The first-order chi connectivity index (χ1) is 40.6. The molecule has 2 heterocycles. The Labute approximate surface area is 545 Å². The average molecular weight is 1210 g/mol. The van der Waals surface area contributed by atoms with Crippen molar-refractivity contribution in [2.75, 3.05) is 0 Å². The van der Waals surface area contributed by atoms with E-state index in [0.717, 1.165) is 64.7 Å². The standard InChI is InChI=1S/C9H8.C8H6O.C8H6S.C6H12.2C5H10.C4H8.6C4H10.7C2H6/c1-2-5-9-7-3-6-8(9)4-1;2*1-2-4-8-7(3-1)5-6-9-8;1-5(2)6-3-4-6;2*1-2-4-5-3-1;1-2-4-3-1;6*1-4(2)3;7*1-2/h1-6H,7H2;2*1-6H;5-6H,3-4H2,1-2H3;2*1-5H2;1-4H2;6*4H,1-3H3;7*1-2H3. The molecule has 0 radical (unpaired) electrons. The smallest absolute Gasteiger partial charge is 0.133 e. The largest absolute Gasteiger partial charge is 0.464 e. The molecule has 0 amide bonds. The predicted octanol–water partition coefficient (Wildman–Crippen LogP) is 32.3. The number of hydrogen-bond donors (Lipinski definition) is 0. The Bertz CT molecular complexity index is 1580. The molecule has 2 aromatic heterocycles. The molecule has 4 fully saturated rings. The predicted molar refractivity (Wildman–Crippen MR) is 412 cm³/mol. The molecule has 3 aromatic carbocycles. The lowest BCUT2D eigenvalue weighted by atomic mass is 10.0. The van der Waals surface area contributed by atoms with E-state index in [9.17, 15) is 0 Å². The minimum Gasteiger partial charge on any atom is -0.464 e. The molecule has 10 rings (SSSR count). The second kappa shape index (κ2) is 89.7. The Morgan fingerprint density at radius 3 is 0.918 bits per heavy atom. The molecule has 0 bridgehead atoms. The summed E-state index contributed by atoms with van der Waals surface area (Å²) >= 11 is 1.79. The maximum Gasteiger partial charge on any atom is 0.133 e. The topological polar surface area (TPSA) is 13.1 Å². The molecule has 506 valence electrons. The third kappa shape index (κ3) is 106. The number of para-hydroxylation sites is 1. The summed E-state index contributed by atoms with van der Waals surface area (Å²) in [6.07, 6.45) is 31.2. The number of allylic oxidation sites excluding steroid dienone is 1. The molecule has 0 saturated heterocycles. The van der Waals surface area contributed by atoms with Crippen LogP contribution < -0.4 is 0 Å². The minimum absolute atomic E-state index is 0.833. The van der Waals surface area contributed by atoms with Crippen LogP contribution in [0.5, 0.6) is 0 Å². The van der Waals surface area contributed by atoms with Gasteiger partial charge in [0.25, 0.3) is 0 Å². The summed E-state index contributed by atoms with van der Waals surface area (Å²) in [7, 11) is 0. The third-order valence-electron chi connectivity index (χ3n) is 9.48. The van der Waals surface area contributed by atoms with Crippen molar-refractivity contribution in [3.8, 4) is 0 Å². The molecule has 4 saturated carbocycles. The highest BCUT2D eigenvalue weighted by Crippen LogP contribution is 2.35. The first kappa shape index (κ1) is 104. The van der Waals surface area contributed by atoms with Gasteiger partial charge in [0, 0.05) is 10.1 Å². The molecule has 1 nitrogen and oxygen atoms in total. The van der Waals surface area contributed by atoms with Crippen LogP contribution in [0.2, 0.25) is 0 Å². The SMILES string of the molecule is C1=Cc2ccccc2C1.C1CCC1.C1CCCC1.C1CCCC1.CC.CC.CC.CC.CC.CC.CC.CC(C)C.CC(C)C.CC(C)C.CC(C)C.CC(C)C.CC(C)C.CC(C)C1CC1.c1ccc2occc2c1.c1ccc2sccc2c1. The van der Waals surface area contributed by atoms with Gasteiger partial charge in [-0.3, -0.25) is 0 Å². The normalized spacial score (nSPS) is 12.2. The highest BCUT2D eigenvalue weighted by atomic mass is 32.1. The van der Waals surface area contributed by atoms with Gasteiger partial charge in [0.2, 0.25) is 0 Å².